The number of anilines is 1. The summed E-state index contributed by atoms with van der Waals surface area (Å²) in [4.78, 5) is 30.0. The first-order chi connectivity index (χ1) is 20.4. The molecule has 5 rings (SSSR count). The Morgan fingerprint density at radius 3 is 2.40 bits per heavy atom. The van der Waals surface area contributed by atoms with E-state index in [0.29, 0.717) is 13.0 Å². The summed E-state index contributed by atoms with van der Waals surface area (Å²) in [5, 5.41) is 15.6. The number of allylic oxidation sites excluding steroid dienone is 1. The van der Waals surface area contributed by atoms with Crippen LogP contribution in [0, 0.1) is 17.8 Å². The molecule has 1 aromatic carbocycles. The molecule has 1 heterocycles. The highest BCUT2D eigenvalue weighted by Crippen LogP contribution is 2.56. The van der Waals surface area contributed by atoms with Crippen LogP contribution >= 0.6 is 0 Å². The molecule has 3 N–H and O–H groups in total. The Balaban J connectivity index is 1.63. The predicted molar refractivity (Wildman–Crippen MR) is 149 cm³/mol. The SMILES string of the molecule is CCCCOc1noc2c1C(=O)C1C(=O)C3=C(O)c4c(c(OC(F)(F)F)cc(N)c4OCCCC)C[C@H]3C[C@H]1[C@@H]2N(C)C. The molecule has 234 valence electrons. The van der Waals surface area contributed by atoms with Crippen molar-refractivity contribution in [2.75, 3.05) is 33.0 Å². The number of Topliss-reactive ketones (excluding diaryl/α,β-unsaturated/α-hetero) is 2. The summed E-state index contributed by atoms with van der Waals surface area (Å²) in [6.45, 7) is 4.43. The van der Waals surface area contributed by atoms with Crippen LogP contribution in [0.1, 0.15) is 79.2 Å². The summed E-state index contributed by atoms with van der Waals surface area (Å²) >= 11 is 0. The third-order valence-corrected chi connectivity index (χ3v) is 8.41. The molecule has 0 aliphatic heterocycles. The minimum Gasteiger partial charge on any atom is -0.507 e. The van der Waals surface area contributed by atoms with Crippen molar-refractivity contribution in [3.05, 3.63) is 34.1 Å². The van der Waals surface area contributed by atoms with Gasteiger partial charge in [-0.2, -0.15) is 0 Å². The third kappa shape index (κ3) is 5.43. The lowest BCUT2D eigenvalue weighted by Crippen LogP contribution is -2.49. The van der Waals surface area contributed by atoms with Crippen LogP contribution in [0.5, 0.6) is 17.4 Å². The van der Waals surface area contributed by atoms with Crippen molar-refractivity contribution in [3.8, 4) is 17.4 Å². The van der Waals surface area contributed by atoms with E-state index >= 15 is 0 Å². The average molecular weight is 608 g/mol. The molecular weight excluding hydrogens is 571 g/mol. The lowest BCUT2D eigenvalue weighted by atomic mass is 9.59. The van der Waals surface area contributed by atoms with Gasteiger partial charge in [0.1, 0.15) is 17.1 Å². The van der Waals surface area contributed by atoms with Gasteiger partial charge in [-0.25, -0.2) is 0 Å². The Hall–Kier alpha value is -3.74. The predicted octanol–water partition coefficient (Wildman–Crippen LogP) is 5.66. The van der Waals surface area contributed by atoms with E-state index in [9.17, 15) is 27.9 Å². The number of alkyl halides is 3. The van der Waals surface area contributed by atoms with E-state index in [4.69, 9.17) is 19.7 Å². The van der Waals surface area contributed by atoms with Crippen LogP contribution in [-0.2, 0) is 11.2 Å². The van der Waals surface area contributed by atoms with Crippen LogP contribution in [-0.4, -0.2) is 60.4 Å². The number of nitrogen functional groups attached to an aromatic ring is 1. The Morgan fingerprint density at radius 1 is 1.09 bits per heavy atom. The number of unbranched alkanes of at least 4 members (excludes halogenated alkanes) is 2. The quantitative estimate of drug-likeness (QED) is 0.198. The number of aliphatic hydroxyl groups excluding tert-OH is 1. The van der Waals surface area contributed by atoms with Crippen molar-refractivity contribution < 1.29 is 46.6 Å². The van der Waals surface area contributed by atoms with Crippen molar-refractivity contribution in [1.82, 2.24) is 10.1 Å². The number of hydrogen-bond acceptors (Lipinski definition) is 10. The molecular formula is C30H36F3N3O7. The number of aliphatic hydroxyl groups is 1. The zero-order valence-corrected chi connectivity index (χ0v) is 24.5. The van der Waals surface area contributed by atoms with Crippen LogP contribution in [0.4, 0.5) is 18.9 Å². The molecule has 43 heavy (non-hydrogen) atoms. The van der Waals surface area contributed by atoms with Crippen LogP contribution < -0.4 is 19.9 Å². The second-order valence-electron chi connectivity index (χ2n) is 11.5. The molecule has 0 spiro atoms. The van der Waals surface area contributed by atoms with Crippen LogP contribution in [0.15, 0.2) is 16.2 Å². The molecule has 0 saturated heterocycles. The maximum Gasteiger partial charge on any atom is 0.573 e. The lowest BCUT2D eigenvalue weighted by molar-refractivity contribution is -0.275. The van der Waals surface area contributed by atoms with Crippen LogP contribution in [0.25, 0.3) is 5.76 Å². The average Bonchev–Trinajstić information content (AvgIpc) is 3.33. The third-order valence-electron chi connectivity index (χ3n) is 8.41. The monoisotopic (exact) mass is 607 g/mol. The van der Waals surface area contributed by atoms with Crippen LogP contribution in [0.2, 0.25) is 0 Å². The van der Waals surface area contributed by atoms with E-state index in [1.807, 2.05) is 18.7 Å². The first-order valence-corrected chi connectivity index (χ1v) is 14.5. The van der Waals surface area contributed by atoms with Crippen molar-refractivity contribution in [2.24, 2.45) is 17.8 Å². The molecule has 0 amide bonds. The lowest BCUT2D eigenvalue weighted by Gasteiger charge is -2.45. The fourth-order valence-electron chi connectivity index (χ4n) is 6.58. The van der Waals surface area contributed by atoms with Crippen molar-refractivity contribution >= 4 is 23.0 Å². The summed E-state index contributed by atoms with van der Waals surface area (Å²) in [5.41, 5.74) is 5.93. The summed E-state index contributed by atoms with van der Waals surface area (Å²) in [7, 11) is 3.56. The Kier molecular flexibility index (Phi) is 8.39. The van der Waals surface area contributed by atoms with Gasteiger partial charge in [-0.15, -0.1) is 13.2 Å². The van der Waals surface area contributed by atoms with E-state index in [0.717, 1.165) is 25.3 Å². The standard InChI is InChI=1S/C30H36F3N3O7/c1-5-7-9-40-27-17(34)13-18(42-30(31,32)33)15-11-14-12-16-20(24(37)19(14)25(38)21(15)27)26(39)22-28(23(16)36(3)4)43-35-29(22)41-10-8-6-2/h13-14,16,20,23,38H,5-12,34H2,1-4H3/t14-,16+,20?,23-/m0/s1. The molecule has 1 fully saturated rings. The first-order valence-electron chi connectivity index (χ1n) is 14.5. The number of halogens is 3. The van der Waals surface area contributed by atoms with Crippen molar-refractivity contribution in [1.29, 1.82) is 0 Å². The second kappa shape index (κ2) is 11.7. The molecule has 0 bridgehead atoms. The number of carbonyl (C=O) groups excluding carboxylic acids is 2. The zero-order valence-electron chi connectivity index (χ0n) is 24.5. The number of ether oxygens (including phenoxy) is 3. The minimum absolute atomic E-state index is 0.0224. The van der Waals surface area contributed by atoms with Gasteiger partial charge in [0.15, 0.2) is 23.1 Å². The van der Waals surface area contributed by atoms with E-state index in [2.05, 4.69) is 9.89 Å². The second-order valence-corrected chi connectivity index (χ2v) is 11.5. The fraction of sp³-hybridized carbons (Fsp3) is 0.567. The molecule has 0 radical (unpaired) electrons. The molecule has 2 aromatic rings. The normalized spacial score (nSPS) is 23.1. The molecule has 1 aromatic heterocycles. The number of hydrogen-bond donors (Lipinski definition) is 2. The highest BCUT2D eigenvalue weighted by molar-refractivity contribution is 6.20. The van der Waals surface area contributed by atoms with Gasteiger partial charge in [0, 0.05) is 17.2 Å². The molecule has 10 nitrogen and oxygen atoms in total. The highest BCUT2D eigenvalue weighted by atomic mass is 19.4. The van der Waals surface area contributed by atoms with Gasteiger partial charge in [-0.05, 0) is 56.8 Å². The molecule has 3 aliphatic rings. The van der Waals surface area contributed by atoms with Gasteiger partial charge < -0.3 is 29.6 Å². The van der Waals surface area contributed by atoms with E-state index < -0.39 is 53.2 Å². The van der Waals surface area contributed by atoms with Gasteiger partial charge in [-0.3, -0.25) is 14.5 Å². The summed E-state index contributed by atoms with van der Waals surface area (Å²) < 4.78 is 61.9. The van der Waals surface area contributed by atoms with Crippen molar-refractivity contribution in [3.63, 3.8) is 0 Å². The van der Waals surface area contributed by atoms with Gasteiger partial charge >= 0.3 is 6.36 Å². The topological polar surface area (TPSA) is 137 Å². The van der Waals surface area contributed by atoms with E-state index in [1.165, 1.54) is 0 Å². The van der Waals surface area contributed by atoms with Gasteiger partial charge in [0.25, 0.3) is 5.88 Å². The largest absolute Gasteiger partial charge is 0.573 e. The molecule has 1 unspecified atom stereocenters. The number of nitrogens with zero attached hydrogens (tertiary/aromatic N) is 2. The number of nitrogens with two attached hydrogens (primary N) is 1. The number of rotatable bonds is 10. The molecule has 1 saturated carbocycles. The summed E-state index contributed by atoms with van der Waals surface area (Å²) in [6.07, 6.45) is -1.90. The van der Waals surface area contributed by atoms with Gasteiger partial charge in [0.2, 0.25) is 0 Å². The zero-order chi connectivity index (χ0) is 31.2. The van der Waals surface area contributed by atoms with Gasteiger partial charge in [0.05, 0.1) is 36.4 Å². The number of aromatic nitrogens is 1. The van der Waals surface area contributed by atoms with Gasteiger partial charge in [-0.1, -0.05) is 26.7 Å². The molecule has 13 heteroatoms. The van der Waals surface area contributed by atoms with E-state index in [-0.39, 0.29) is 64.8 Å². The fourth-order valence-corrected chi connectivity index (χ4v) is 6.58. The maximum absolute atomic E-state index is 14.2. The number of fused-ring (bicyclic) bond motifs is 4. The number of ketones is 2. The molecule has 4 atom stereocenters. The summed E-state index contributed by atoms with van der Waals surface area (Å²) in [6, 6.07) is 0.487. The Bertz CT molecular complexity index is 1450. The summed E-state index contributed by atoms with van der Waals surface area (Å²) in [5.74, 6) is -4.44. The smallest absolute Gasteiger partial charge is 0.507 e. The highest BCUT2D eigenvalue weighted by Gasteiger charge is 2.57. The minimum atomic E-state index is -5.02. The van der Waals surface area contributed by atoms with Crippen LogP contribution in [0.3, 0.4) is 0 Å². The number of benzene rings is 1. The molecule has 3 aliphatic carbocycles. The maximum atomic E-state index is 14.2. The Morgan fingerprint density at radius 2 is 1.77 bits per heavy atom. The van der Waals surface area contributed by atoms with E-state index in [1.54, 1.807) is 14.1 Å². The van der Waals surface area contributed by atoms with Crippen molar-refractivity contribution in [2.45, 2.75) is 64.8 Å². The first kappa shape index (κ1) is 30.7. The number of carbonyl (C=O) groups is 2. The Labute approximate surface area is 246 Å².